The van der Waals surface area contributed by atoms with Crippen LogP contribution in [0.5, 0.6) is 0 Å². The third kappa shape index (κ3) is 3.03. The van der Waals surface area contributed by atoms with E-state index in [1.165, 1.54) is 24.3 Å². The SMILES string of the molecule is Fc1ccc(-c2nc3cccc(Br)c3nc2-c2ccc(F)cc2)cc1. The lowest BCUT2D eigenvalue weighted by atomic mass is 10.0. The number of hydrogen-bond acceptors (Lipinski definition) is 2. The van der Waals surface area contributed by atoms with Gasteiger partial charge in [-0.2, -0.15) is 0 Å². The van der Waals surface area contributed by atoms with Gasteiger partial charge in [-0.05, 0) is 76.6 Å². The molecule has 0 saturated heterocycles. The molecule has 0 amide bonds. The van der Waals surface area contributed by atoms with E-state index in [1.54, 1.807) is 24.3 Å². The molecule has 0 spiro atoms. The third-order valence-electron chi connectivity index (χ3n) is 3.88. The van der Waals surface area contributed by atoms with E-state index in [9.17, 15) is 8.78 Å². The van der Waals surface area contributed by atoms with Crippen LogP contribution in [0.4, 0.5) is 8.78 Å². The first-order valence-corrected chi connectivity index (χ1v) is 8.39. The number of para-hydroxylation sites is 1. The van der Waals surface area contributed by atoms with E-state index in [-0.39, 0.29) is 11.6 Å². The van der Waals surface area contributed by atoms with E-state index in [2.05, 4.69) is 15.9 Å². The molecule has 1 heterocycles. The van der Waals surface area contributed by atoms with Crippen molar-refractivity contribution in [3.63, 3.8) is 0 Å². The van der Waals surface area contributed by atoms with E-state index in [0.717, 1.165) is 21.1 Å². The number of aromatic nitrogens is 2. The number of rotatable bonds is 2. The first-order chi connectivity index (χ1) is 12.1. The van der Waals surface area contributed by atoms with Crippen molar-refractivity contribution in [1.29, 1.82) is 0 Å². The summed E-state index contributed by atoms with van der Waals surface area (Å²) in [6.07, 6.45) is 0. The molecule has 2 nitrogen and oxygen atoms in total. The van der Waals surface area contributed by atoms with Crippen LogP contribution in [0.2, 0.25) is 0 Å². The molecule has 0 unspecified atom stereocenters. The van der Waals surface area contributed by atoms with Crippen molar-refractivity contribution in [3.8, 4) is 22.5 Å². The van der Waals surface area contributed by atoms with Crippen LogP contribution >= 0.6 is 15.9 Å². The Bertz CT molecular complexity index is 1060. The fraction of sp³-hybridized carbons (Fsp3) is 0. The molecule has 0 aliphatic rings. The quantitative estimate of drug-likeness (QED) is 0.414. The van der Waals surface area contributed by atoms with Gasteiger partial charge in [0, 0.05) is 15.6 Å². The van der Waals surface area contributed by atoms with Crippen molar-refractivity contribution < 1.29 is 8.78 Å². The fourth-order valence-electron chi connectivity index (χ4n) is 2.66. The number of nitrogens with zero attached hydrogens (tertiary/aromatic N) is 2. The Kier molecular flexibility index (Phi) is 4.01. The summed E-state index contributed by atoms with van der Waals surface area (Å²) < 4.78 is 27.4. The average molecular weight is 397 g/mol. The normalized spacial score (nSPS) is 11.0. The second kappa shape index (κ2) is 6.33. The highest BCUT2D eigenvalue weighted by atomic mass is 79.9. The second-order valence-electron chi connectivity index (χ2n) is 5.54. The topological polar surface area (TPSA) is 25.8 Å². The highest BCUT2D eigenvalue weighted by Crippen LogP contribution is 2.33. The van der Waals surface area contributed by atoms with Gasteiger partial charge in [0.2, 0.25) is 0 Å². The maximum atomic E-state index is 13.3. The Labute approximate surface area is 151 Å². The Morgan fingerprint density at radius 2 is 1.16 bits per heavy atom. The van der Waals surface area contributed by atoms with Crippen LogP contribution in [-0.4, -0.2) is 9.97 Å². The van der Waals surface area contributed by atoms with Gasteiger partial charge in [0.25, 0.3) is 0 Å². The van der Waals surface area contributed by atoms with Crippen LogP contribution in [0.3, 0.4) is 0 Å². The molecule has 5 heteroatoms. The van der Waals surface area contributed by atoms with Gasteiger partial charge in [0.1, 0.15) is 17.2 Å². The van der Waals surface area contributed by atoms with Gasteiger partial charge in [0.05, 0.1) is 16.9 Å². The Morgan fingerprint density at radius 1 is 0.640 bits per heavy atom. The van der Waals surface area contributed by atoms with Crippen molar-refractivity contribution in [2.75, 3.05) is 0 Å². The molecule has 0 aliphatic carbocycles. The summed E-state index contributed by atoms with van der Waals surface area (Å²) in [4.78, 5) is 9.47. The molecular weight excluding hydrogens is 386 g/mol. The Hall–Kier alpha value is -2.66. The molecule has 25 heavy (non-hydrogen) atoms. The van der Waals surface area contributed by atoms with Crippen molar-refractivity contribution in [2.45, 2.75) is 0 Å². The van der Waals surface area contributed by atoms with Gasteiger partial charge >= 0.3 is 0 Å². The monoisotopic (exact) mass is 396 g/mol. The van der Waals surface area contributed by atoms with Crippen LogP contribution in [0.25, 0.3) is 33.5 Å². The molecule has 122 valence electrons. The van der Waals surface area contributed by atoms with E-state index in [4.69, 9.17) is 9.97 Å². The van der Waals surface area contributed by atoms with E-state index in [1.807, 2.05) is 18.2 Å². The van der Waals surface area contributed by atoms with Gasteiger partial charge in [-0.25, -0.2) is 18.7 Å². The molecule has 4 rings (SSSR count). The summed E-state index contributed by atoms with van der Waals surface area (Å²) in [7, 11) is 0. The minimum atomic E-state index is -0.318. The molecule has 0 radical (unpaired) electrons. The summed E-state index contributed by atoms with van der Waals surface area (Å²) in [5, 5.41) is 0. The van der Waals surface area contributed by atoms with Crippen molar-refractivity contribution in [1.82, 2.24) is 9.97 Å². The van der Waals surface area contributed by atoms with Gasteiger partial charge in [-0.15, -0.1) is 0 Å². The average Bonchev–Trinajstić information content (AvgIpc) is 2.63. The molecular formula is C20H11BrF2N2. The molecule has 0 bridgehead atoms. The molecule has 4 aromatic rings. The van der Waals surface area contributed by atoms with Crippen LogP contribution < -0.4 is 0 Å². The van der Waals surface area contributed by atoms with Crippen LogP contribution in [0.1, 0.15) is 0 Å². The first-order valence-electron chi connectivity index (χ1n) is 7.60. The Morgan fingerprint density at radius 3 is 1.72 bits per heavy atom. The highest BCUT2D eigenvalue weighted by molar-refractivity contribution is 9.10. The van der Waals surface area contributed by atoms with Gasteiger partial charge in [-0.1, -0.05) is 6.07 Å². The van der Waals surface area contributed by atoms with E-state index in [0.29, 0.717) is 16.9 Å². The van der Waals surface area contributed by atoms with Crippen molar-refractivity contribution >= 4 is 27.0 Å². The van der Waals surface area contributed by atoms with Crippen LogP contribution in [0, 0.1) is 11.6 Å². The smallest absolute Gasteiger partial charge is 0.123 e. The lowest BCUT2D eigenvalue weighted by Gasteiger charge is -2.11. The van der Waals surface area contributed by atoms with Gasteiger partial charge in [0.15, 0.2) is 0 Å². The summed E-state index contributed by atoms with van der Waals surface area (Å²) in [6.45, 7) is 0. The zero-order chi connectivity index (χ0) is 17.4. The van der Waals surface area contributed by atoms with Crippen molar-refractivity contribution in [2.24, 2.45) is 0 Å². The number of hydrogen-bond donors (Lipinski definition) is 0. The zero-order valence-electron chi connectivity index (χ0n) is 12.9. The maximum Gasteiger partial charge on any atom is 0.123 e. The molecule has 3 aromatic carbocycles. The Balaban J connectivity index is 2.03. The fourth-order valence-corrected chi connectivity index (χ4v) is 3.11. The molecule has 0 atom stereocenters. The molecule has 1 aromatic heterocycles. The number of fused-ring (bicyclic) bond motifs is 1. The first kappa shape index (κ1) is 15.8. The minimum Gasteiger partial charge on any atom is -0.244 e. The highest BCUT2D eigenvalue weighted by Gasteiger charge is 2.14. The molecule has 0 saturated carbocycles. The van der Waals surface area contributed by atoms with Gasteiger partial charge in [-0.3, -0.25) is 0 Å². The summed E-state index contributed by atoms with van der Waals surface area (Å²) in [6, 6.07) is 17.8. The van der Waals surface area contributed by atoms with E-state index >= 15 is 0 Å². The maximum absolute atomic E-state index is 13.3. The molecule has 0 N–H and O–H groups in total. The van der Waals surface area contributed by atoms with Crippen LogP contribution in [-0.2, 0) is 0 Å². The second-order valence-corrected chi connectivity index (χ2v) is 6.40. The zero-order valence-corrected chi connectivity index (χ0v) is 14.5. The molecule has 0 aliphatic heterocycles. The van der Waals surface area contributed by atoms with E-state index < -0.39 is 0 Å². The summed E-state index contributed by atoms with van der Waals surface area (Å²) in [5.41, 5.74) is 4.16. The minimum absolute atomic E-state index is 0.316. The number of benzene rings is 3. The van der Waals surface area contributed by atoms with Gasteiger partial charge < -0.3 is 0 Å². The third-order valence-corrected chi connectivity index (χ3v) is 4.52. The number of halogens is 3. The predicted octanol–water partition coefficient (Wildman–Crippen LogP) is 6.00. The summed E-state index contributed by atoms with van der Waals surface area (Å²) >= 11 is 3.49. The predicted molar refractivity (Wildman–Crippen MR) is 98.0 cm³/mol. The summed E-state index contributed by atoms with van der Waals surface area (Å²) in [5.74, 6) is -0.634. The lowest BCUT2D eigenvalue weighted by molar-refractivity contribution is 0.627. The van der Waals surface area contributed by atoms with Crippen molar-refractivity contribution in [3.05, 3.63) is 82.8 Å². The molecule has 0 fully saturated rings. The van der Waals surface area contributed by atoms with Crippen LogP contribution in [0.15, 0.2) is 71.2 Å². The largest absolute Gasteiger partial charge is 0.244 e. The standard InChI is InChI=1S/C20H11BrF2N2/c21-16-2-1-3-17-20(16)25-19(13-6-10-15(23)11-7-13)18(24-17)12-4-8-14(22)9-5-12/h1-11H. The lowest BCUT2D eigenvalue weighted by Crippen LogP contribution is -1.96.